The van der Waals surface area contributed by atoms with Crippen molar-refractivity contribution in [2.75, 3.05) is 6.61 Å². The summed E-state index contributed by atoms with van der Waals surface area (Å²) in [5.74, 6) is -0.0789. The lowest BCUT2D eigenvalue weighted by molar-refractivity contribution is -0.123. The number of amides is 1. The summed E-state index contributed by atoms with van der Waals surface area (Å²) in [4.78, 5) is 12.3. The van der Waals surface area contributed by atoms with Gasteiger partial charge in [-0.3, -0.25) is 4.79 Å². The first-order valence-corrected chi connectivity index (χ1v) is 18.4. The van der Waals surface area contributed by atoms with Gasteiger partial charge in [-0.25, -0.2) is 0 Å². The Bertz CT molecular complexity index is 697. The first kappa shape index (κ1) is 41.4. The molecule has 0 aromatic heterocycles. The molecule has 0 aromatic carbocycles. The maximum atomic E-state index is 12.3. The van der Waals surface area contributed by atoms with Crippen molar-refractivity contribution in [1.29, 1.82) is 0 Å². The molecule has 0 rings (SSSR count). The highest BCUT2D eigenvalue weighted by Crippen LogP contribution is 2.14. The third-order valence-electron chi connectivity index (χ3n) is 8.05. The van der Waals surface area contributed by atoms with Crippen molar-refractivity contribution in [1.82, 2.24) is 5.32 Å². The Labute approximate surface area is 267 Å². The first-order valence-electron chi connectivity index (χ1n) is 18.4. The van der Waals surface area contributed by atoms with Crippen LogP contribution in [0.2, 0.25) is 0 Å². The minimum atomic E-state index is -0.859. The third-order valence-corrected chi connectivity index (χ3v) is 8.05. The van der Waals surface area contributed by atoms with Gasteiger partial charge < -0.3 is 15.5 Å². The molecular formula is C39H71NO3. The van der Waals surface area contributed by atoms with E-state index in [-0.39, 0.29) is 12.5 Å². The molecule has 250 valence electrons. The summed E-state index contributed by atoms with van der Waals surface area (Å²) >= 11 is 0. The molecule has 0 bridgehead atoms. The average Bonchev–Trinajstić information content (AvgIpc) is 3.01. The number of carbonyl (C=O) groups is 1. The molecule has 0 fully saturated rings. The number of allylic oxidation sites excluding steroid dienone is 7. The van der Waals surface area contributed by atoms with Crippen LogP contribution in [-0.2, 0) is 4.79 Å². The van der Waals surface area contributed by atoms with Crippen molar-refractivity contribution in [3.8, 4) is 0 Å². The van der Waals surface area contributed by atoms with Gasteiger partial charge in [0, 0.05) is 6.42 Å². The van der Waals surface area contributed by atoms with E-state index in [1.807, 2.05) is 6.08 Å². The van der Waals surface area contributed by atoms with E-state index in [1.54, 1.807) is 6.08 Å². The van der Waals surface area contributed by atoms with Gasteiger partial charge in [0.2, 0.25) is 5.91 Å². The Balaban J connectivity index is 3.58. The Morgan fingerprint density at radius 3 is 1.60 bits per heavy atom. The van der Waals surface area contributed by atoms with E-state index < -0.39 is 12.1 Å². The molecule has 2 unspecified atom stereocenters. The normalized spacial score (nSPS) is 13.7. The van der Waals surface area contributed by atoms with E-state index in [9.17, 15) is 15.0 Å². The van der Waals surface area contributed by atoms with Crippen LogP contribution in [0.4, 0.5) is 0 Å². The molecule has 0 aliphatic rings. The van der Waals surface area contributed by atoms with Crippen LogP contribution in [0.5, 0.6) is 0 Å². The van der Waals surface area contributed by atoms with E-state index in [4.69, 9.17) is 0 Å². The average molecular weight is 602 g/mol. The van der Waals surface area contributed by atoms with Gasteiger partial charge in [-0.15, -0.1) is 0 Å². The van der Waals surface area contributed by atoms with Crippen molar-refractivity contribution >= 4 is 5.91 Å². The fraction of sp³-hybridized carbons (Fsp3) is 0.769. The van der Waals surface area contributed by atoms with Gasteiger partial charge in [0.1, 0.15) is 0 Å². The number of carbonyl (C=O) groups excluding carboxylic acids is 1. The van der Waals surface area contributed by atoms with Gasteiger partial charge >= 0.3 is 0 Å². The zero-order valence-electron chi connectivity index (χ0n) is 28.5. The first-order chi connectivity index (χ1) is 21.2. The number of hydrogen-bond donors (Lipinski definition) is 3. The van der Waals surface area contributed by atoms with Crippen LogP contribution < -0.4 is 5.32 Å². The summed E-state index contributed by atoms with van der Waals surface area (Å²) in [7, 11) is 0. The summed E-state index contributed by atoms with van der Waals surface area (Å²) in [6.07, 6.45) is 46.3. The van der Waals surface area contributed by atoms with Crippen LogP contribution in [0.15, 0.2) is 48.6 Å². The minimum Gasteiger partial charge on any atom is -0.394 e. The monoisotopic (exact) mass is 602 g/mol. The molecule has 0 heterocycles. The molecule has 0 spiro atoms. The summed E-state index contributed by atoms with van der Waals surface area (Å²) < 4.78 is 0. The smallest absolute Gasteiger partial charge is 0.220 e. The second kappa shape index (κ2) is 34.8. The van der Waals surface area contributed by atoms with E-state index in [2.05, 4.69) is 55.6 Å². The summed E-state index contributed by atoms with van der Waals surface area (Å²) in [5.41, 5.74) is 0. The molecule has 3 N–H and O–H groups in total. The van der Waals surface area contributed by atoms with Crippen molar-refractivity contribution < 1.29 is 15.0 Å². The maximum absolute atomic E-state index is 12.3. The standard InChI is InChI=1S/C39H71NO3/c1-3-5-7-9-11-13-15-16-17-18-19-20-21-22-23-24-25-27-29-31-33-35-39(43)40-37(36-41)38(42)34-32-30-28-26-14-12-10-8-6-4-2/h5,7,11,13-14,26,32,34,37-38,41-42H,3-4,6,8-10,12,15-25,27-31,33,35-36H2,1-2H3,(H,40,43)/b7-5-,13-11-,26-14+,34-32+. The topological polar surface area (TPSA) is 69.6 Å². The highest BCUT2D eigenvalue weighted by molar-refractivity contribution is 5.76. The van der Waals surface area contributed by atoms with Gasteiger partial charge in [-0.1, -0.05) is 159 Å². The van der Waals surface area contributed by atoms with Crippen molar-refractivity contribution in [3.63, 3.8) is 0 Å². The molecule has 0 aromatic rings. The number of aliphatic hydroxyl groups excluding tert-OH is 2. The van der Waals surface area contributed by atoms with Crippen molar-refractivity contribution in [2.24, 2.45) is 0 Å². The Kier molecular flexibility index (Phi) is 33.5. The number of unbranched alkanes of at least 4 members (excludes halogenated alkanes) is 19. The quantitative estimate of drug-likeness (QED) is 0.0530. The van der Waals surface area contributed by atoms with Crippen LogP contribution in [-0.4, -0.2) is 34.9 Å². The number of nitrogens with one attached hydrogen (secondary N) is 1. The predicted octanol–water partition coefficient (Wildman–Crippen LogP) is 10.8. The highest BCUT2D eigenvalue weighted by atomic mass is 16.3. The SMILES string of the molecule is CC/C=C\C/C=C\CCCCCCCCCCCCCCCCC(=O)NC(CO)C(O)/C=C/CC/C=C/CCCCCC. The zero-order chi connectivity index (χ0) is 31.5. The Morgan fingerprint density at radius 1 is 0.581 bits per heavy atom. The van der Waals surface area contributed by atoms with Crippen LogP contribution >= 0.6 is 0 Å². The highest BCUT2D eigenvalue weighted by Gasteiger charge is 2.17. The summed E-state index contributed by atoms with van der Waals surface area (Å²) in [5, 5.41) is 22.8. The van der Waals surface area contributed by atoms with Gasteiger partial charge in [-0.05, 0) is 57.8 Å². The van der Waals surface area contributed by atoms with E-state index in [1.165, 1.54) is 109 Å². The van der Waals surface area contributed by atoms with Gasteiger partial charge in [0.05, 0.1) is 18.8 Å². The molecule has 4 nitrogen and oxygen atoms in total. The Morgan fingerprint density at radius 2 is 1.05 bits per heavy atom. The summed E-state index contributed by atoms with van der Waals surface area (Å²) in [6, 6.07) is -0.636. The molecule has 43 heavy (non-hydrogen) atoms. The molecule has 2 atom stereocenters. The number of aliphatic hydroxyl groups is 2. The maximum Gasteiger partial charge on any atom is 0.220 e. The molecule has 4 heteroatoms. The summed E-state index contributed by atoms with van der Waals surface area (Å²) in [6.45, 7) is 4.15. The molecule has 0 aliphatic carbocycles. The second-order valence-electron chi connectivity index (χ2n) is 12.2. The van der Waals surface area contributed by atoms with Crippen LogP contribution in [0.1, 0.15) is 174 Å². The van der Waals surface area contributed by atoms with Crippen molar-refractivity contribution in [2.45, 2.75) is 187 Å². The van der Waals surface area contributed by atoms with Crippen LogP contribution in [0.3, 0.4) is 0 Å². The van der Waals surface area contributed by atoms with Gasteiger partial charge in [0.15, 0.2) is 0 Å². The third kappa shape index (κ3) is 31.6. The van der Waals surface area contributed by atoms with E-state index in [0.29, 0.717) is 6.42 Å². The largest absolute Gasteiger partial charge is 0.394 e. The molecule has 0 saturated heterocycles. The van der Waals surface area contributed by atoms with Gasteiger partial charge in [-0.2, -0.15) is 0 Å². The molecule has 0 aliphatic heterocycles. The van der Waals surface area contributed by atoms with E-state index in [0.717, 1.165) is 44.9 Å². The lowest BCUT2D eigenvalue weighted by Gasteiger charge is -2.19. The number of rotatable bonds is 32. The number of hydrogen-bond acceptors (Lipinski definition) is 3. The fourth-order valence-electron chi connectivity index (χ4n) is 5.23. The fourth-order valence-corrected chi connectivity index (χ4v) is 5.23. The van der Waals surface area contributed by atoms with Crippen LogP contribution in [0, 0.1) is 0 Å². The Hall–Kier alpha value is -1.65. The minimum absolute atomic E-state index is 0.0789. The lowest BCUT2D eigenvalue weighted by Crippen LogP contribution is -2.45. The zero-order valence-corrected chi connectivity index (χ0v) is 28.5. The molecular weight excluding hydrogens is 530 g/mol. The van der Waals surface area contributed by atoms with E-state index >= 15 is 0 Å². The molecule has 0 radical (unpaired) electrons. The predicted molar refractivity (Wildman–Crippen MR) is 188 cm³/mol. The van der Waals surface area contributed by atoms with Crippen molar-refractivity contribution in [3.05, 3.63) is 48.6 Å². The molecule has 1 amide bonds. The molecule has 0 saturated carbocycles. The van der Waals surface area contributed by atoms with Gasteiger partial charge in [0.25, 0.3) is 0 Å². The van der Waals surface area contributed by atoms with Crippen LogP contribution in [0.25, 0.3) is 0 Å². The lowest BCUT2D eigenvalue weighted by atomic mass is 10.0. The second-order valence-corrected chi connectivity index (χ2v) is 12.2.